The van der Waals surface area contributed by atoms with Crippen molar-refractivity contribution in [2.45, 2.75) is 44.4 Å². The van der Waals surface area contributed by atoms with Crippen LogP contribution in [0.3, 0.4) is 0 Å². The van der Waals surface area contributed by atoms with Crippen LogP contribution in [0.4, 0.5) is 10.1 Å². The second kappa shape index (κ2) is 9.30. The smallest absolute Gasteiger partial charge is 0.316 e. The lowest BCUT2D eigenvalue weighted by molar-refractivity contribution is 0.0711. The van der Waals surface area contributed by atoms with Gasteiger partial charge in [0.1, 0.15) is 5.82 Å². The summed E-state index contributed by atoms with van der Waals surface area (Å²) in [7, 11) is -4.01. The van der Waals surface area contributed by atoms with E-state index in [1.54, 1.807) is 30.9 Å². The molecule has 33 heavy (non-hydrogen) atoms. The number of hydrogen-bond donors (Lipinski definition) is 1. The Labute approximate surface area is 191 Å². The molecule has 1 saturated heterocycles. The minimum absolute atomic E-state index is 0.00817. The highest BCUT2D eigenvalue weighted by Gasteiger charge is 2.25. The average Bonchev–Trinajstić information content (AvgIpc) is 3.11. The molecule has 2 heterocycles. The molecule has 8 nitrogen and oxygen atoms in total. The molecule has 1 aromatic heterocycles. The summed E-state index contributed by atoms with van der Waals surface area (Å²) in [6.07, 6.45) is 4.04. The number of sulfonamides is 1. The van der Waals surface area contributed by atoms with Gasteiger partial charge in [0.05, 0.1) is 10.6 Å². The van der Waals surface area contributed by atoms with E-state index in [-0.39, 0.29) is 28.2 Å². The predicted octanol–water partition coefficient (Wildman–Crippen LogP) is 4.31. The first kappa shape index (κ1) is 22.9. The first-order valence-electron chi connectivity index (χ1n) is 10.8. The third kappa shape index (κ3) is 5.05. The Balaban J connectivity index is 1.59. The molecular weight excluding hydrogens is 447 g/mol. The number of likely N-dealkylation sites (tertiary alicyclic amines) is 1. The molecule has 1 fully saturated rings. The molecular formula is C23H25FN4O4S. The number of nitrogens with zero attached hydrogens (tertiary/aromatic N) is 3. The van der Waals surface area contributed by atoms with Crippen molar-refractivity contribution in [3.8, 4) is 11.4 Å². The number of benzene rings is 2. The molecule has 0 aliphatic carbocycles. The summed E-state index contributed by atoms with van der Waals surface area (Å²) in [5, 5.41) is 3.89. The molecule has 0 spiro atoms. The zero-order valence-electron chi connectivity index (χ0n) is 18.5. The molecule has 0 atom stereocenters. The maximum atomic E-state index is 13.9. The molecule has 3 aromatic rings. The van der Waals surface area contributed by atoms with Gasteiger partial charge in [0.25, 0.3) is 10.0 Å². The van der Waals surface area contributed by atoms with Crippen molar-refractivity contribution in [1.82, 2.24) is 15.0 Å². The number of nitrogens with one attached hydrogen (secondary N) is 1. The minimum atomic E-state index is -4.01. The van der Waals surface area contributed by atoms with Crippen molar-refractivity contribution in [2.24, 2.45) is 0 Å². The summed E-state index contributed by atoms with van der Waals surface area (Å²) in [6, 6.07) is 8.81. The van der Waals surface area contributed by atoms with Crippen molar-refractivity contribution in [2.75, 3.05) is 17.8 Å². The number of halogens is 1. The van der Waals surface area contributed by atoms with Gasteiger partial charge in [0, 0.05) is 18.7 Å². The zero-order valence-corrected chi connectivity index (χ0v) is 19.3. The number of amides is 1. The van der Waals surface area contributed by atoms with Gasteiger partial charge in [-0.25, -0.2) is 12.8 Å². The van der Waals surface area contributed by atoms with Gasteiger partial charge in [-0.15, -0.1) is 0 Å². The van der Waals surface area contributed by atoms with Crippen molar-refractivity contribution in [3.05, 3.63) is 59.2 Å². The van der Waals surface area contributed by atoms with Crippen molar-refractivity contribution in [1.29, 1.82) is 0 Å². The Morgan fingerprint density at radius 1 is 1.03 bits per heavy atom. The van der Waals surface area contributed by atoms with Crippen molar-refractivity contribution >= 4 is 21.6 Å². The molecule has 4 rings (SSSR count). The number of aryl methyl sites for hydroxylation is 2. The van der Waals surface area contributed by atoms with Gasteiger partial charge in [-0.05, 0) is 56.0 Å². The van der Waals surface area contributed by atoms with Gasteiger partial charge < -0.3 is 9.42 Å². The average molecular weight is 473 g/mol. The predicted molar refractivity (Wildman–Crippen MR) is 121 cm³/mol. The van der Waals surface area contributed by atoms with Crippen LogP contribution in [-0.4, -0.2) is 42.5 Å². The molecule has 10 heteroatoms. The summed E-state index contributed by atoms with van der Waals surface area (Å²) < 4.78 is 47.4. The molecule has 1 N–H and O–H groups in total. The van der Waals surface area contributed by atoms with Crippen LogP contribution in [0.5, 0.6) is 0 Å². The molecule has 1 aliphatic rings. The maximum absolute atomic E-state index is 13.9. The van der Waals surface area contributed by atoms with E-state index in [1.165, 1.54) is 18.2 Å². The van der Waals surface area contributed by atoms with E-state index in [0.717, 1.165) is 31.7 Å². The standard InChI is InChI=1S/C23H25FN4O4S/c1-15-8-10-18(14-19(15)24)27-33(30,31)20-13-17(9-7-16(20)2)21-25-22(32-26-21)23(29)28-11-5-3-4-6-12-28/h7-10,13-14,27H,3-6,11-12H2,1-2H3. The van der Waals surface area contributed by atoms with E-state index < -0.39 is 15.8 Å². The van der Waals surface area contributed by atoms with Crippen molar-refractivity contribution in [3.63, 3.8) is 0 Å². The highest BCUT2D eigenvalue weighted by Crippen LogP contribution is 2.26. The molecule has 0 unspecified atom stereocenters. The van der Waals surface area contributed by atoms with E-state index in [0.29, 0.717) is 29.8 Å². The largest absolute Gasteiger partial charge is 0.334 e. The van der Waals surface area contributed by atoms with E-state index in [9.17, 15) is 17.6 Å². The van der Waals surface area contributed by atoms with Crippen molar-refractivity contribution < 1.29 is 22.1 Å². The van der Waals surface area contributed by atoms with E-state index in [1.807, 2.05) is 0 Å². The number of hydrogen-bond acceptors (Lipinski definition) is 6. The summed E-state index contributed by atoms with van der Waals surface area (Å²) in [5.74, 6) is -0.830. The molecule has 1 amide bonds. The molecule has 174 valence electrons. The van der Waals surface area contributed by atoms with Gasteiger partial charge >= 0.3 is 11.8 Å². The zero-order chi connectivity index (χ0) is 23.6. The third-order valence-electron chi connectivity index (χ3n) is 5.66. The monoisotopic (exact) mass is 472 g/mol. The summed E-state index contributed by atoms with van der Waals surface area (Å²) in [5.41, 5.74) is 1.41. The molecule has 2 aromatic carbocycles. The number of rotatable bonds is 5. The summed E-state index contributed by atoms with van der Waals surface area (Å²) in [4.78, 5) is 18.6. The van der Waals surface area contributed by atoms with Gasteiger partial charge in [-0.1, -0.05) is 36.2 Å². The first-order valence-corrected chi connectivity index (χ1v) is 12.3. The number of aromatic nitrogens is 2. The van der Waals surface area contributed by atoms with Crippen LogP contribution in [0, 0.1) is 19.7 Å². The topological polar surface area (TPSA) is 105 Å². The lowest BCUT2D eigenvalue weighted by Gasteiger charge is -2.17. The fourth-order valence-electron chi connectivity index (χ4n) is 3.73. The Morgan fingerprint density at radius 2 is 1.73 bits per heavy atom. The molecule has 0 bridgehead atoms. The molecule has 0 saturated carbocycles. The van der Waals surface area contributed by atoms with E-state index in [2.05, 4.69) is 14.9 Å². The Kier molecular flexibility index (Phi) is 6.46. The Bertz CT molecular complexity index is 1280. The second-order valence-electron chi connectivity index (χ2n) is 8.18. The lowest BCUT2D eigenvalue weighted by atomic mass is 10.1. The first-order chi connectivity index (χ1) is 15.7. The van der Waals surface area contributed by atoms with Crippen LogP contribution in [0.2, 0.25) is 0 Å². The third-order valence-corrected chi connectivity index (χ3v) is 7.19. The number of carbonyl (C=O) groups excluding carboxylic acids is 1. The quantitative estimate of drug-likeness (QED) is 0.593. The fraction of sp³-hybridized carbons (Fsp3) is 0.348. The Hall–Kier alpha value is -3.27. The number of anilines is 1. The summed E-state index contributed by atoms with van der Waals surface area (Å²) >= 11 is 0. The van der Waals surface area contributed by atoms with Gasteiger partial charge in [-0.3, -0.25) is 9.52 Å². The SMILES string of the molecule is Cc1ccc(NS(=O)(=O)c2cc(-c3noc(C(=O)N4CCCCCC4)n3)ccc2C)cc1F. The summed E-state index contributed by atoms with van der Waals surface area (Å²) in [6.45, 7) is 4.54. The van der Waals surface area contributed by atoms with Crippen LogP contribution < -0.4 is 4.72 Å². The van der Waals surface area contributed by atoms with Gasteiger partial charge in [0.2, 0.25) is 5.82 Å². The van der Waals surface area contributed by atoms with Crippen LogP contribution in [0.15, 0.2) is 45.8 Å². The molecule has 1 aliphatic heterocycles. The van der Waals surface area contributed by atoms with E-state index >= 15 is 0 Å². The maximum Gasteiger partial charge on any atom is 0.316 e. The molecule has 0 radical (unpaired) electrons. The highest BCUT2D eigenvalue weighted by molar-refractivity contribution is 7.92. The van der Waals surface area contributed by atoms with Crippen LogP contribution in [0.25, 0.3) is 11.4 Å². The Morgan fingerprint density at radius 3 is 2.42 bits per heavy atom. The van der Waals surface area contributed by atoms with E-state index in [4.69, 9.17) is 4.52 Å². The van der Waals surface area contributed by atoms with Crippen LogP contribution in [0.1, 0.15) is 47.5 Å². The highest BCUT2D eigenvalue weighted by atomic mass is 32.2. The van der Waals surface area contributed by atoms with Gasteiger partial charge in [0.15, 0.2) is 0 Å². The van der Waals surface area contributed by atoms with Crippen LogP contribution >= 0.6 is 0 Å². The minimum Gasteiger partial charge on any atom is -0.334 e. The number of carbonyl (C=O) groups is 1. The normalized spacial score (nSPS) is 14.7. The fourth-order valence-corrected chi connectivity index (χ4v) is 5.05. The van der Waals surface area contributed by atoms with Gasteiger partial charge in [-0.2, -0.15) is 4.98 Å². The second-order valence-corrected chi connectivity index (χ2v) is 9.83. The lowest BCUT2D eigenvalue weighted by Crippen LogP contribution is -2.32. The van der Waals surface area contributed by atoms with Crippen LogP contribution in [-0.2, 0) is 10.0 Å².